The van der Waals surface area contributed by atoms with Crippen molar-refractivity contribution in [2.75, 3.05) is 20.0 Å². The van der Waals surface area contributed by atoms with Gasteiger partial charge >= 0.3 is 92.1 Å². The Labute approximate surface area is 123 Å². The molecule has 83 valence electrons. The largest absolute Gasteiger partial charge is 0 e. The summed E-state index contributed by atoms with van der Waals surface area (Å²) in [6, 6.07) is 0.581. The molecular weight excluding hydrogens is 423 g/mol. The molecule has 0 saturated heterocycles. The Kier molecular flexibility index (Phi) is 11.8. The normalized spacial score (nSPS) is 12.4. The Bertz CT molecular complexity index is 157. The molecule has 0 bridgehead atoms. The van der Waals surface area contributed by atoms with E-state index in [4.69, 9.17) is 17.8 Å². The van der Waals surface area contributed by atoms with Gasteiger partial charge in [0.25, 0.3) is 0 Å². The summed E-state index contributed by atoms with van der Waals surface area (Å²) in [6.45, 7) is 0. The first kappa shape index (κ1) is 19.0. The fourth-order valence-electron chi connectivity index (χ4n) is 0.710. The Hall–Kier alpha value is 2.64. The molecule has 0 aromatic rings. The third-order valence-corrected chi connectivity index (χ3v) is 14.9. The number of rotatable bonds is 6. The second-order valence-corrected chi connectivity index (χ2v) is 31.5. The van der Waals surface area contributed by atoms with Gasteiger partial charge in [-0.25, -0.2) is 0 Å². The molecule has 0 rings (SSSR count). The Morgan fingerprint density at radius 1 is 1.36 bits per heavy atom. The molecule has 0 aliphatic heterocycles. The summed E-state index contributed by atoms with van der Waals surface area (Å²) in [5, 5.41) is 0. The van der Waals surface area contributed by atoms with Crippen LogP contribution in [0.3, 0.4) is 0 Å². The SMILES string of the molecule is CO[Si](O)(CC[S][Sn]([CH3])([CH3])[Cl])OC.[Y]. The predicted octanol–water partition coefficient (Wildman–Crippen LogP) is 1.88. The Morgan fingerprint density at radius 2 is 1.79 bits per heavy atom. The van der Waals surface area contributed by atoms with Crippen molar-refractivity contribution in [3.63, 3.8) is 0 Å². The van der Waals surface area contributed by atoms with Crippen molar-refractivity contribution in [2.45, 2.75) is 15.9 Å². The van der Waals surface area contributed by atoms with Crippen molar-refractivity contribution in [1.29, 1.82) is 0 Å². The Morgan fingerprint density at radius 3 is 2.07 bits per heavy atom. The maximum Gasteiger partial charge on any atom is 0 e. The maximum absolute atomic E-state index is 9.69. The van der Waals surface area contributed by atoms with E-state index < -0.39 is 24.7 Å². The van der Waals surface area contributed by atoms with Crippen molar-refractivity contribution >= 4 is 42.5 Å². The Balaban J connectivity index is 0. The first-order valence-corrected chi connectivity index (χ1v) is 19.8. The first-order valence-electron chi connectivity index (χ1n) is 3.98. The van der Waals surface area contributed by atoms with Crippen LogP contribution in [-0.4, -0.2) is 49.4 Å². The third-order valence-electron chi connectivity index (χ3n) is 1.50. The van der Waals surface area contributed by atoms with Gasteiger partial charge in [-0.15, -0.1) is 0 Å². The van der Waals surface area contributed by atoms with Gasteiger partial charge in [-0.1, -0.05) is 0 Å². The molecule has 8 heteroatoms. The van der Waals surface area contributed by atoms with Crippen LogP contribution >= 0.6 is 17.9 Å². The minimum Gasteiger partial charge on any atom is 0 e. The van der Waals surface area contributed by atoms with Gasteiger partial charge in [-0.05, 0) is 0 Å². The topological polar surface area (TPSA) is 38.7 Å². The minimum atomic E-state index is -2.84. The molecule has 0 aliphatic carbocycles. The molecule has 0 aromatic heterocycles. The zero-order valence-electron chi connectivity index (χ0n) is 9.04. The van der Waals surface area contributed by atoms with Gasteiger partial charge in [0.05, 0.1) is 0 Å². The molecule has 0 fully saturated rings. The smallest absolute Gasteiger partial charge is 0 e. The van der Waals surface area contributed by atoms with Crippen molar-refractivity contribution in [3.05, 3.63) is 0 Å². The van der Waals surface area contributed by atoms with E-state index in [1.807, 2.05) is 0 Å². The maximum atomic E-state index is 9.69. The van der Waals surface area contributed by atoms with E-state index in [-0.39, 0.29) is 32.7 Å². The third kappa shape index (κ3) is 9.84. The number of hydrogen-bond donors (Lipinski definition) is 1. The fourth-order valence-corrected chi connectivity index (χ4v) is 11.5. The summed E-state index contributed by atoms with van der Waals surface area (Å²) in [6.07, 6.45) is 0. The van der Waals surface area contributed by atoms with Gasteiger partial charge in [-0.3, -0.25) is 0 Å². The molecule has 0 aliphatic rings. The van der Waals surface area contributed by atoms with Crippen molar-refractivity contribution < 1.29 is 46.4 Å². The molecule has 0 spiro atoms. The fraction of sp³-hybridized carbons (Fsp3) is 1.00. The van der Waals surface area contributed by atoms with E-state index in [0.717, 1.165) is 5.75 Å². The summed E-state index contributed by atoms with van der Waals surface area (Å²) in [4.78, 5) is 13.9. The molecule has 3 nitrogen and oxygen atoms in total. The summed E-state index contributed by atoms with van der Waals surface area (Å²) >= 11 is -2.26. The van der Waals surface area contributed by atoms with Crippen molar-refractivity contribution in [1.82, 2.24) is 0 Å². The van der Waals surface area contributed by atoms with Crippen LogP contribution in [0.15, 0.2) is 0 Å². The molecule has 0 aromatic carbocycles. The van der Waals surface area contributed by atoms with Gasteiger partial charge in [0, 0.05) is 32.7 Å². The van der Waals surface area contributed by atoms with Crippen LogP contribution in [0.2, 0.25) is 15.9 Å². The van der Waals surface area contributed by atoms with Gasteiger partial charge in [0.15, 0.2) is 0 Å². The average molecular weight is 440 g/mol. The van der Waals surface area contributed by atoms with Crippen LogP contribution in [-0.2, 0) is 41.6 Å². The van der Waals surface area contributed by atoms with Crippen molar-refractivity contribution in [2.24, 2.45) is 0 Å². The van der Waals surface area contributed by atoms with Gasteiger partial charge in [0.1, 0.15) is 0 Å². The summed E-state index contributed by atoms with van der Waals surface area (Å²) in [7, 11) is 8.08. The number of halogens is 1. The summed E-state index contributed by atoms with van der Waals surface area (Å²) < 4.78 is 9.88. The monoisotopic (exact) mass is 441 g/mol. The molecule has 0 heterocycles. The molecule has 1 N–H and O–H groups in total. The predicted molar refractivity (Wildman–Crippen MR) is 62.6 cm³/mol. The van der Waals surface area contributed by atoms with E-state index in [2.05, 4.69) is 9.88 Å². The van der Waals surface area contributed by atoms with E-state index in [0.29, 0.717) is 6.04 Å². The number of hydrogen-bond acceptors (Lipinski definition) is 4. The first-order chi connectivity index (χ1) is 5.83. The van der Waals surface area contributed by atoms with Crippen molar-refractivity contribution in [3.8, 4) is 0 Å². The average Bonchev–Trinajstić information content (AvgIpc) is 2.02. The second-order valence-electron chi connectivity index (χ2n) is 3.08. The van der Waals surface area contributed by atoms with Gasteiger partial charge < -0.3 is 0 Å². The van der Waals surface area contributed by atoms with E-state index >= 15 is 0 Å². The van der Waals surface area contributed by atoms with Crippen LogP contribution < -0.4 is 0 Å². The molecule has 0 atom stereocenters. The molecular formula is C6H17ClO3SSiSnY. The van der Waals surface area contributed by atoms with Gasteiger partial charge in [0.2, 0.25) is 0 Å². The van der Waals surface area contributed by atoms with Gasteiger partial charge in [-0.2, -0.15) is 0 Å². The van der Waals surface area contributed by atoms with Crippen LogP contribution in [0.4, 0.5) is 0 Å². The molecule has 1 radical (unpaired) electrons. The van der Waals surface area contributed by atoms with Crippen LogP contribution in [0.25, 0.3) is 0 Å². The molecule has 0 saturated carbocycles. The molecule has 0 unspecified atom stereocenters. The van der Waals surface area contributed by atoms with Crippen LogP contribution in [0, 0.1) is 0 Å². The zero-order valence-corrected chi connectivity index (χ0v) is 17.3. The van der Waals surface area contributed by atoms with Crippen LogP contribution in [0.5, 0.6) is 0 Å². The zero-order chi connectivity index (χ0) is 10.5. The second kappa shape index (κ2) is 8.69. The standard InChI is InChI=1S/C4H12O3SSi.2CH3.ClH.Sn.Y/c1-6-9(5,7-2)4-3-8;;;;;/h5,8H,3-4H2,1-2H3;2*1H3;1H;;/q;;;;+2;/p-2. The van der Waals surface area contributed by atoms with Crippen LogP contribution in [0.1, 0.15) is 0 Å². The summed E-state index contributed by atoms with van der Waals surface area (Å²) in [5.74, 6) is 0.830. The van der Waals surface area contributed by atoms with E-state index in [9.17, 15) is 4.80 Å². The molecule has 0 amide bonds. The van der Waals surface area contributed by atoms with E-state index in [1.54, 1.807) is 8.95 Å². The molecule has 14 heavy (non-hydrogen) atoms. The minimum absolute atomic E-state index is 0. The summed E-state index contributed by atoms with van der Waals surface area (Å²) in [5.41, 5.74) is 0. The quantitative estimate of drug-likeness (QED) is 0.641. The van der Waals surface area contributed by atoms with E-state index in [1.165, 1.54) is 14.2 Å².